The Morgan fingerprint density at radius 1 is 1.59 bits per heavy atom. The van der Waals surface area contributed by atoms with Crippen LogP contribution in [0, 0.1) is 11.3 Å². The highest BCUT2D eigenvalue weighted by Crippen LogP contribution is 2.11. The van der Waals surface area contributed by atoms with Gasteiger partial charge in [0.25, 0.3) is 5.91 Å². The third-order valence-corrected chi connectivity index (χ3v) is 2.72. The van der Waals surface area contributed by atoms with E-state index in [4.69, 9.17) is 5.26 Å². The topological polar surface area (TPSA) is 57.0 Å². The van der Waals surface area contributed by atoms with Crippen LogP contribution in [0.2, 0.25) is 0 Å². The number of rotatable bonds is 4. The monoisotopic (exact) mass is 295 g/mol. The molecule has 0 atom stereocenters. The van der Waals surface area contributed by atoms with Crippen molar-refractivity contribution >= 4 is 21.8 Å². The molecule has 0 saturated carbocycles. The third kappa shape index (κ3) is 3.82. The van der Waals surface area contributed by atoms with Crippen LogP contribution in [0.1, 0.15) is 30.8 Å². The summed E-state index contributed by atoms with van der Waals surface area (Å²) < 4.78 is 0.632. The molecule has 1 amide bonds. The third-order valence-electron chi connectivity index (χ3n) is 2.28. The summed E-state index contributed by atoms with van der Waals surface area (Å²) in [6.07, 6.45) is 0.331. The predicted molar refractivity (Wildman–Crippen MR) is 68.3 cm³/mol. The summed E-state index contributed by atoms with van der Waals surface area (Å²) in [4.78, 5) is 18.0. The number of halogens is 1. The number of amides is 1. The number of pyridine rings is 1. The second-order valence-corrected chi connectivity index (χ2v) is 4.66. The molecule has 1 aromatic rings. The zero-order valence-electron chi connectivity index (χ0n) is 9.85. The molecule has 5 heteroatoms. The summed E-state index contributed by atoms with van der Waals surface area (Å²) in [5, 5.41) is 8.58. The summed E-state index contributed by atoms with van der Waals surface area (Å²) in [5.74, 6) is -0.142. The number of hydrogen-bond donors (Lipinski definition) is 0. The fourth-order valence-corrected chi connectivity index (χ4v) is 1.78. The van der Waals surface area contributed by atoms with Gasteiger partial charge in [-0.15, -0.1) is 0 Å². The second kappa shape index (κ2) is 6.36. The Hall–Kier alpha value is -1.41. The van der Waals surface area contributed by atoms with Gasteiger partial charge in [-0.05, 0) is 41.9 Å². The Balaban J connectivity index is 2.88. The van der Waals surface area contributed by atoms with Gasteiger partial charge in [0, 0.05) is 12.6 Å². The molecule has 0 aliphatic heterocycles. The lowest BCUT2D eigenvalue weighted by atomic mass is 10.2. The summed E-state index contributed by atoms with van der Waals surface area (Å²) in [5.41, 5.74) is 0.394. The van der Waals surface area contributed by atoms with Gasteiger partial charge in [0.05, 0.1) is 12.5 Å². The number of hydrogen-bond acceptors (Lipinski definition) is 3. The molecule has 0 N–H and O–H groups in total. The first-order valence-electron chi connectivity index (χ1n) is 5.36. The highest BCUT2D eigenvalue weighted by Gasteiger charge is 2.19. The molecule has 0 radical (unpaired) electrons. The summed E-state index contributed by atoms with van der Waals surface area (Å²) in [6.45, 7) is 4.28. The van der Waals surface area contributed by atoms with Crippen molar-refractivity contribution in [3.63, 3.8) is 0 Å². The Morgan fingerprint density at radius 2 is 2.29 bits per heavy atom. The van der Waals surface area contributed by atoms with Crippen molar-refractivity contribution in [1.29, 1.82) is 5.26 Å². The lowest BCUT2D eigenvalue weighted by Gasteiger charge is -2.25. The molecule has 0 spiro atoms. The molecule has 1 rings (SSSR count). The molecular formula is C12H14BrN3O. The number of nitrogens with zero attached hydrogens (tertiary/aromatic N) is 3. The maximum Gasteiger partial charge on any atom is 0.272 e. The zero-order chi connectivity index (χ0) is 12.8. The van der Waals surface area contributed by atoms with Gasteiger partial charge in [-0.2, -0.15) is 5.26 Å². The Kier molecular flexibility index (Phi) is 5.11. The average Bonchev–Trinajstić information content (AvgIpc) is 2.29. The fraction of sp³-hybridized carbons (Fsp3) is 0.417. The second-order valence-electron chi connectivity index (χ2n) is 3.85. The van der Waals surface area contributed by atoms with E-state index < -0.39 is 0 Å². The molecule has 1 aromatic heterocycles. The Morgan fingerprint density at radius 3 is 2.82 bits per heavy atom. The summed E-state index contributed by atoms with van der Waals surface area (Å²) in [7, 11) is 0. The van der Waals surface area contributed by atoms with E-state index >= 15 is 0 Å². The molecule has 4 nitrogen and oxygen atoms in total. The molecule has 0 unspecified atom stereocenters. The maximum absolute atomic E-state index is 12.2. The Labute approximate surface area is 109 Å². The van der Waals surface area contributed by atoms with Crippen LogP contribution in [-0.4, -0.2) is 28.4 Å². The largest absolute Gasteiger partial charge is 0.334 e. The quantitative estimate of drug-likeness (QED) is 0.802. The first-order chi connectivity index (χ1) is 8.06. The van der Waals surface area contributed by atoms with Gasteiger partial charge in [-0.3, -0.25) is 4.79 Å². The molecule has 17 heavy (non-hydrogen) atoms. The van der Waals surface area contributed by atoms with Gasteiger partial charge in [0.1, 0.15) is 10.3 Å². The highest BCUT2D eigenvalue weighted by molar-refractivity contribution is 9.10. The molecule has 0 fully saturated rings. The number of carbonyl (C=O) groups is 1. The highest BCUT2D eigenvalue weighted by atomic mass is 79.9. The van der Waals surface area contributed by atoms with Crippen molar-refractivity contribution in [2.24, 2.45) is 0 Å². The summed E-state index contributed by atoms with van der Waals surface area (Å²) in [6, 6.07) is 7.32. The van der Waals surface area contributed by atoms with Crippen molar-refractivity contribution in [2.45, 2.75) is 26.3 Å². The van der Waals surface area contributed by atoms with Crippen molar-refractivity contribution < 1.29 is 4.79 Å². The van der Waals surface area contributed by atoms with Crippen LogP contribution in [0.15, 0.2) is 22.8 Å². The van der Waals surface area contributed by atoms with Gasteiger partial charge in [-0.25, -0.2) is 4.98 Å². The van der Waals surface area contributed by atoms with Gasteiger partial charge >= 0.3 is 0 Å². The van der Waals surface area contributed by atoms with Crippen LogP contribution < -0.4 is 0 Å². The first-order valence-corrected chi connectivity index (χ1v) is 6.16. The minimum Gasteiger partial charge on any atom is -0.334 e. The molecule has 0 aromatic carbocycles. The van der Waals surface area contributed by atoms with Crippen molar-refractivity contribution in [2.75, 3.05) is 6.54 Å². The smallest absolute Gasteiger partial charge is 0.272 e. The Bertz CT molecular complexity index is 440. The lowest BCUT2D eigenvalue weighted by molar-refractivity contribution is 0.0704. The molecule has 0 aliphatic rings. The fourth-order valence-electron chi connectivity index (χ4n) is 1.44. The SMILES string of the molecule is CC(C)N(CCC#N)C(=O)c1cccc(Br)n1. The van der Waals surface area contributed by atoms with Gasteiger partial charge < -0.3 is 4.90 Å². The zero-order valence-corrected chi connectivity index (χ0v) is 11.4. The molecule has 0 saturated heterocycles. The van der Waals surface area contributed by atoms with Crippen molar-refractivity contribution in [1.82, 2.24) is 9.88 Å². The van der Waals surface area contributed by atoms with Crippen molar-refractivity contribution in [3.8, 4) is 6.07 Å². The van der Waals surface area contributed by atoms with Gasteiger partial charge in [0.2, 0.25) is 0 Å². The molecule has 90 valence electrons. The molecule has 0 bridgehead atoms. The first kappa shape index (κ1) is 13.7. The van der Waals surface area contributed by atoms with Gasteiger partial charge in [0.15, 0.2) is 0 Å². The minimum absolute atomic E-state index is 0.0524. The molecule has 1 heterocycles. The van der Waals surface area contributed by atoms with Crippen LogP contribution >= 0.6 is 15.9 Å². The van der Waals surface area contributed by atoms with Crippen LogP contribution in [0.25, 0.3) is 0 Å². The normalized spacial score (nSPS) is 10.1. The number of nitriles is 1. The summed E-state index contributed by atoms with van der Waals surface area (Å²) >= 11 is 3.24. The van der Waals surface area contributed by atoms with E-state index in [-0.39, 0.29) is 11.9 Å². The van der Waals surface area contributed by atoms with E-state index in [0.717, 1.165) is 0 Å². The molecule has 0 aliphatic carbocycles. The van der Waals surface area contributed by atoms with E-state index in [2.05, 4.69) is 20.9 Å². The van der Waals surface area contributed by atoms with Crippen molar-refractivity contribution in [3.05, 3.63) is 28.5 Å². The predicted octanol–water partition coefficient (Wildman–Crippen LogP) is 2.61. The lowest BCUT2D eigenvalue weighted by Crippen LogP contribution is -2.38. The van der Waals surface area contributed by atoms with Crippen LogP contribution in [0.3, 0.4) is 0 Å². The van der Waals surface area contributed by atoms with Crippen LogP contribution in [0.4, 0.5) is 0 Å². The standard InChI is InChI=1S/C12H14BrN3O/c1-9(2)16(8-4-7-14)12(17)10-5-3-6-11(13)15-10/h3,5-6,9H,4,8H2,1-2H3. The average molecular weight is 296 g/mol. The van der Waals surface area contributed by atoms with E-state index in [1.807, 2.05) is 19.9 Å². The van der Waals surface area contributed by atoms with Crippen LogP contribution in [0.5, 0.6) is 0 Å². The number of carbonyl (C=O) groups excluding carboxylic acids is 1. The van der Waals surface area contributed by atoms with Crippen LogP contribution in [-0.2, 0) is 0 Å². The minimum atomic E-state index is -0.142. The van der Waals surface area contributed by atoms with E-state index in [0.29, 0.717) is 23.3 Å². The van der Waals surface area contributed by atoms with Gasteiger partial charge in [-0.1, -0.05) is 6.07 Å². The molecular weight excluding hydrogens is 282 g/mol. The van der Waals surface area contributed by atoms with E-state index in [1.54, 1.807) is 23.1 Å². The number of aromatic nitrogens is 1. The van der Waals surface area contributed by atoms with E-state index in [9.17, 15) is 4.79 Å². The van der Waals surface area contributed by atoms with E-state index in [1.165, 1.54) is 0 Å². The maximum atomic E-state index is 12.2.